The highest BCUT2D eigenvalue weighted by atomic mass is 32.1. The molecule has 3 aromatic rings. The van der Waals surface area contributed by atoms with E-state index in [0.717, 1.165) is 11.3 Å². The molecule has 1 atom stereocenters. The Hall–Kier alpha value is -1.71. The first-order valence-electron chi connectivity index (χ1n) is 5.95. The standard InChI is InChI=1S/C15H14N2S/c16-14(15-9-17-10-18-15)8-12-6-3-5-11-4-1-2-7-13(11)12/h1-7,9-10,14H,8,16H2. The minimum absolute atomic E-state index is 0.0308. The lowest BCUT2D eigenvalue weighted by Gasteiger charge is -2.11. The zero-order chi connectivity index (χ0) is 12.4. The zero-order valence-electron chi connectivity index (χ0n) is 9.91. The molecule has 0 saturated heterocycles. The highest BCUT2D eigenvalue weighted by molar-refractivity contribution is 7.09. The maximum absolute atomic E-state index is 6.23. The molecule has 0 aliphatic heterocycles. The molecule has 0 saturated carbocycles. The summed E-state index contributed by atoms with van der Waals surface area (Å²) in [6.07, 6.45) is 2.71. The summed E-state index contributed by atoms with van der Waals surface area (Å²) in [7, 11) is 0. The van der Waals surface area contributed by atoms with Crippen molar-refractivity contribution < 1.29 is 0 Å². The Morgan fingerprint density at radius 3 is 2.78 bits per heavy atom. The molecule has 0 bridgehead atoms. The fourth-order valence-electron chi connectivity index (χ4n) is 2.22. The number of rotatable bonds is 3. The van der Waals surface area contributed by atoms with Gasteiger partial charge in [-0.05, 0) is 22.8 Å². The van der Waals surface area contributed by atoms with Gasteiger partial charge in [-0.1, -0.05) is 42.5 Å². The van der Waals surface area contributed by atoms with Crippen molar-refractivity contribution >= 4 is 22.1 Å². The number of hydrogen-bond donors (Lipinski definition) is 1. The largest absolute Gasteiger partial charge is 0.323 e. The van der Waals surface area contributed by atoms with Gasteiger partial charge in [0.25, 0.3) is 0 Å². The minimum atomic E-state index is 0.0308. The average molecular weight is 254 g/mol. The van der Waals surface area contributed by atoms with Crippen molar-refractivity contribution in [3.05, 3.63) is 64.6 Å². The lowest BCUT2D eigenvalue weighted by molar-refractivity contribution is 0.738. The summed E-state index contributed by atoms with van der Waals surface area (Å²) in [6, 6.07) is 14.8. The van der Waals surface area contributed by atoms with Gasteiger partial charge in [-0.25, -0.2) is 0 Å². The summed E-state index contributed by atoms with van der Waals surface area (Å²) in [4.78, 5) is 5.23. The summed E-state index contributed by atoms with van der Waals surface area (Å²) in [5, 5.41) is 2.56. The van der Waals surface area contributed by atoms with Gasteiger partial charge in [-0.2, -0.15) is 0 Å². The Labute approximate surface area is 110 Å². The van der Waals surface area contributed by atoms with Crippen LogP contribution in [0.5, 0.6) is 0 Å². The third-order valence-corrected chi connectivity index (χ3v) is 4.04. The molecule has 0 aliphatic carbocycles. The third kappa shape index (κ3) is 2.15. The van der Waals surface area contributed by atoms with Gasteiger partial charge in [0.05, 0.1) is 5.51 Å². The summed E-state index contributed by atoms with van der Waals surface area (Å²) in [5.74, 6) is 0. The topological polar surface area (TPSA) is 38.9 Å². The Balaban J connectivity index is 1.95. The van der Waals surface area contributed by atoms with E-state index in [9.17, 15) is 0 Å². The van der Waals surface area contributed by atoms with Gasteiger partial charge in [-0.3, -0.25) is 4.98 Å². The van der Waals surface area contributed by atoms with Gasteiger partial charge in [0, 0.05) is 17.1 Å². The summed E-state index contributed by atoms with van der Waals surface area (Å²) < 4.78 is 0. The van der Waals surface area contributed by atoms with Crippen LogP contribution in [0.2, 0.25) is 0 Å². The molecule has 1 aromatic heterocycles. The Kier molecular flexibility index (Phi) is 3.09. The van der Waals surface area contributed by atoms with Crippen LogP contribution in [-0.2, 0) is 6.42 Å². The van der Waals surface area contributed by atoms with Crippen molar-refractivity contribution in [2.45, 2.75) is 12.5 Å². The van der Waals surface area contributed by atoms with Gasteiger partial charge in [0.15, 0.2) is 0 Å². The van der Waals surface area contributed by atoms with E-state index in [-0.39, 0.29) is 6.04 Å². The third-order valence-electron chi connectivity index (χ3n) is 3.14. The molecule has 3 heteroatoms. The Morgan fingerprint density at radius 2 is 1.94 bits per heavy atom. The number of benzene rings is 2. The van der Waals surface area contributed by atoms with Gasteiger partial charge >= 0.3 is 0 Å². The van der Waals surface area contributed by atoms with E-state index in [1.54, 1.807) is 11.3 Å². The summed E-state index contributed by atoms with van der Waals surface area (Å²) in [5.41, 5.74) is 9.36. The van der Waals surface area contributed by atoms with E-state index in [1.807, 2.05) is 11.7 Å². The molecule has 0 aliphatic rings. The van der Waals surface area contributed by atoms with Crippen molar-refractivity contribution in [1.82, 2.24) is 4.98 Å². The van der Waals surface area contributed by atoms with Crippen LogP contribution in [0, 0.1) is 0 Å². The van der Waals surface area contributed by atoms with E-state index in [0.29, 0.717) is 0 Å². The molecule has 0 radical (unpaired) electrons. The van der Waals surface area contributed by atoms with Gasteiger partial charge in [0.1, 0.15) is 0 Å². The number of fused-ring (bicyclic) bond motifs is 1. The molecular weight excluding hydrogens is 240 g/mol. The minimum Gasteiger partial charge on any atom is -0.323 e. The fraction of sp³-hybridized carbons (Fsp3) is 0.133. The van der Waals surface area contributed by atoms with E-state index in [2.05, 4.69) is 47.4 Å². The molecule has 90 valence electrons. The molecule has 2 aromatic carbocycles. The molecule has 0 amide bonds. The molecule has 18 heavy (non-hydrogen) atoms. The van der Waals surface area contributed by atoms with E-state index >= 15 is 0 Å². The van der Waals surface area contributed by atoms with Gasteiger partial charge in [0.2, 0.25) is 0 Å². The number of aromatic nitrogens is 1. The van der Waals surface area contributed by atoms with Crippen LogP contribution < -0.4 is 5.73 Å². The van der Waals surface area contributed by atoms with Crippen LogP contribution in [0.25, 0.3) is 10.8 Å². The lowest BCUT2D eigenvalue weighted by atomic mass is 9.99. The average Bonchev–Trinajstić information content (AvgIpc) is 2.93. The molecule has 2 N–H and O–H groups in total. The molecule has 2 nitrogen and oxygen atoms in total. The Morgan fingerprint density at radius 1 is 1.11 bits per heavy atom. The predicted molar refractivity (Wildman–Crippen MR) is 76.7 cm³/mol. The van der Waals surface area contributed by atoms with Crippen LogP contribution >= 0.6 is 11.3 Å². The highest BCUT2D eigenvalue weighted by Crippen LogP contribution is 2.24. The first-order valence-corrected chi connectivity index (χ1v) is 6.83. The Bertz CT molecular complexity index is 641. The van der Waals surface area contributed by atoms with Crippen molar-refractivity contribution in [3.8, 4) is 0 Å². The van der Waals surface area contributed by atoms with Crippen LogP contribution in [0.15, 0.2) is 54.2 Å². The SMILES string of the molecule is NC(Cc1cccc2ccccc12)c1cncs1. The second-order valence-electron chi connectivity index (χ2n) is 4.35. The number of nitrogens with two attached hydrogens (primary N) is 1. The number of thiazole rings is 1. The quantitative estimate of drug-likeness (QED) is 0.776. The summed E-state index contributed by atoms with van der Waals surface area (Å²) >= 11 is 1.62. The number of hydrogen-bond acceptors (Lipinski definition) is 3. The second kappa shape index (κ2) is 4.88. The molecule has 0 spiro atoms. The van der Waals surface area contributed by atoms with E-state index < -0.39 is 0 Å². The monoisotopic (exact) mass is 254 g/mol. The van der Waals surface area contributed by atoms with Crippen LogP contribution in [0.1, 0.15) is 16.5 Å². The van der Waals surface area contributed by atoms with Crippen LogP contribution in [0.4, 0.5) is 0 Å². The van der Waals surface area contributed by atoms with Crippen LogP contribution in [0.3, 0.4) is 0 Å². The number of nitrogens with zero attached hydrogens (tertiary/aromatic N) is 1. The summed E-state index contributed by atoms with van der Waals surface area (Å²) in [6.45, 7) is 0. The van der Waals surface area contributed by atoms with E-state index in [4.69, 9.17) is 5.73 Å². The zero-order valence-corrected chi connectivity index (χ0v) is 10.7. The van der Waals surface area contributed by atoms with Crippen molar-refractivity contribution in [3.63, 3.8) is 0 Å². The smallest absolute Gasteiger partial charge is 0.0794 e. The first kappa shape index (κ1) is 11.4. The molecule has 0 fully saturated rings. The second-order valence-corrected chi connectivity index (χ2v) is 5.27. The van der Waals surface area contributed by atoms with Crippen molar-refractivity contribution in [2.75, 3.05) is 0 Å². The van der Waals surface area contributed by atoms with E-state index in [1.165, 1.54) is 16.3 Å². The molecule has 3 rings (SSSR count). The maximum Gasteiger partial charge on any atom is 0.0794 e. The molecular formula is C15H14N2S. The highest BCUT2D eigenvalue weighted by Gasteiger charge is 2.10. The van der Waals surface area contributed by atoms with Gasteiger partial charge < -0.3 is 5.73 Å². The molecule has 1 unspecified atom stereocenters. The van der Waals surface area contributed by atoms with Crippen molar-refractivity contribution in [1.29, 1.82) is 0 Å². The normalized spacial score (nSPS) is 12.7. The van der Waals surface area contributed by atoms with Gasteiger partial charge in [-0.15, -0.1) is 11.3 Å². The predicted octanol–water partition coefficient (Wildman–Crippen LogP) is 3.54. The maximum atomic E-state index is 6.23. The van der Waals surface area contributed by atoms with Crippen LogP contribution in [-0.4, -0.2) is 4.98 Å². The van der Waals surface area contributed by atoms with Crippen molar-refractivity contribution in [2.24, 2.45) is 5.73 Å². The molecule has 1 heterocycles. The lowest BCUT2D eigenvalue weighted by Crippen LogP contribution is -2.12. The first-order chi connectivity index (χ1) is 8.84. The fourth-order valence-corrected chi connectivity index (χ4v) is 2.84.